The number of Topliss-reactive ketones (excluding diaryl/α,β-unsaturated/α-hetero) is 1. The number of ketones is 1. The molecule has 2 N–H and O–H groups in total. The van der Waals surface area contributed by atoms with Crippen LogP contribution in [0.2, 0.25) is 0 Å². The van der Waals surface area contributed by atoms with Crippen LogP contribution in [0.15, 0.2) is 0 Å². The fourth-order valence-corrected chi connectivity index (χ4v) is 3.42. The minimum absolute atomic E-state index is 0.264. The molecule has 0 aromatic rings. The van der Waals surface area contributed by atoms with Crippen LogP contribution >= 0.6 is 0 Å². The van der Waals surface area contributed by atoms with Gasteiger partial charge in [-0.25, -0.2) is 0 Å². The second-order valence-electron chi connectivity index (χ2n) is 5.93. The molecule has 2 rings (SSSR count). The van der Waals surface area contributed by atoms with Crippen LogP contribution in [0.3, 0.4) is 0 Å². The van der Waals surface area contributed by atoms with Crippen molar-refractivity contribution in [2.24, 2.45) is 23.0 Å². The molecule has 0 amide bonds. The van der Waals surface area contributed by atoms with E-state index in [0.717, 1.165) is 25.7 Å². The molecule has 1 aliphatic carbocycles. The molecule has 2 unspecified atom stereocenters. The number of carbonyl (C=O) groups is 1. The lowest BCUT2D eigenvalue weighted by Gasteiger charge is -2.39. The van der Waals surface area contributed by atoms with Crippen molar-refractivity contribution in [3.8, 4) is 0 Å². The van der Waals surface area contributed by atoms with Crippen LogP contribution in [0.1, 0.15) is 45.4 Å². The zero-order valence-corrected chi connectivity index (χ0v) is 10.9. The molecule has 2 aliphatic rings. The molecule has 98 valence electrons. The van der Waals surface area contributed by atoms with Crippen LogP contribution in [0.4, 0.5) is 0 Å². The molecule has 0 bridgehead atoms. The summed E-state index contributed by atoms with van der Waals surface area (Å²) in [7, 11) is 0. The highest BCUT2D eigenvalue weighted by Crippen LogP contribution is 2.39. The lowest BCUT2D eigenvalue weighted by Crippen LogP contribution is -2.46. The molecular formula is C14H25NO2. The molecule has 0 aromatic carbocycles. The van der Waals surface area contributed by atoms with E-state index < -0.39 is 0 Å². The minimum atomic E-state index is -0.264. The highest BCUT2D eigenvalue weighted by Gasteiger charge is 2.42. The summed E-state index contributed by atoms with van der Waals surface area (Å²) in [4.78, 5) is 12.7. The minimum Gasteiger partial charge on any atom is -0.381 e. The second kappa shape index (κ2) is 5.49. The third-order valence-corrected chi connectivity index (χ3v) is 4.67. The van der Waals surface area contributed by atoms with Gasteiger partial charge >= 0.3 is 0 Å². The molecule has 17 heavy (non-hydrogen) atoms. The average Bonchev–Trinajstić information content (AvgIpc) is 2.38. The van der Waals surface area contributed by atoms with E-state index in [9.17, 15) is 4.79 Å². The van der Waals surface area contributed by atoms with Crippen molar-refractivity contribution < 1.29 is 9.53 Å². The second-order valence-corrected chi connectivity index (χ2v) is 5.93. The molecular weight excluding hydrogens is 214 g/mol. The molecule has 2 atom stereocenters. The van der Waals surface area contributed by atoms with Crippen molar-refractivity contribution in [3.63, 3.8) is 0 Å². The Morgan fingerprint density at radius 1 is 1.35 bits per heavy atom. The zero-order chi connectivity index (χ0) is 12.3. The van der Waals surface area contributed by atoms with E-state index in [0.29, 0.717) is 31.5 Å². The molecule has 0 aromatic heterocycles. The number of hydrogen-bond acceptors (Lipinski definition) is 3. The van der Waals surface area contributed by atoms with Gasteiger partial charge in [0.2, 0.25) is 0 Å². The van der Waals surface area contributed by atoms with Crippen LogP contribution in [0, 0.1) is 17.3 Å². The van der Waals surface area contributed by atoms with Crippen LogP contribution in [0.25, 0.3) is 0 Å². The Bertz CT molecular complexity index is 271. The van der Waals surface area contributed by atoms with Crippen LogP contribution in [-0.2, 0) is 9.53 Å². The number of rotatable bonds is 3. The van der Waals surface area contributed by atoms with Gasteiger partial charge in [-0.05, 0) is 31.6 Å². The topological polar surface area (TPSA) is 52.3 Å². The summed E-state index contributed by atoms with van der Waals surface area (Å²) < 4.78 is 5.38. The number of hydrogen-bond donors (Lipinski definition) is 1. The number of ether oxygens (including phenoxy) is 1. The van der Waals surface area contributed by atoms with E-state index in [4.69, 9.17) is 10.5 Å². The van der Waals surface area contributed by atoms with Crippen molar-refractivity contribution >= 4 is 5.78 Å². The lowest BCUT2D eigenvalue weighted by molar-refractivity contribution is -0.139. The fraction of sp³-hybridized carbons (Fsp3) is 0.929. The van der Waals surface area contributed by atoms with Gasteiger partial charge in [-0.15, -0.1) is 0 Å². The molecule has 1 aliphatic heterocycles. The summed E-state index contributed by atoms with van der Waals surface area (Å²) in [5, 5.41) is 0. The lowest BCUT2D eigenvalue weighted by atomic mass is 9.68. The number of carbonyl (C=O) groups excluding carboxylic acids is 1. The molecule has 1 heterocycles. The van der Waals surface area contributed by atoms with Gasteiger partial charge in [0.25, 0.3) is 0 Å². The Morgan fingerprint density at radius 3 is 2.65 bits per heavy atom. The predicted molar refractivity (Wildman–Crippen MR) is 67.7 cm³/mol. The third kappa shape index (κ3) is 2.71. The summed E-state index contributed by atoms with van der Waals surface area (Å²) in [6.45, 7) is 4.16. The highest BCUT2D eigenvalue weighted by molar-refractivity contribution is 5.87. The SMILES string of the molecule is CC1CCCC(C(=O)C2(CN)CCOCC2)C1. The number of nitrogens with two attached hydrogens (primary N) is 1. The van der Waals surface area contributed by atoms with Gasteiger partial charge in [-0.1, -0.05) is 19.8 Å². The van der Waals surface area contributed by atoms with E-state index >= 15 is 0 Å². The largest absolute Gasteiger partial charge is 0.381 e. The molecule has 3 heteroatoms. The van der Waals surface area contributed by atoms with Crippen LogP contribution < -0.4 is 5.73 Å². The quantitative estimate of drug-likeness (QED) is 0.821. The van der Waals surface area contributed by atoms with Gasteiger partial charge in [0.15, 0.2) is 0 Å². The molecule has 1 saturated heterocycles. The summed E-state index contributed by atoms with van der Waals surface area (Å²) in [5.74, 6) is 1.41. The third-order valence-electron chi connectivity index (χ3n) is 4.67. The van der Waals surface area contributed by atoms with E-state index in [1.165, 1.54) is 12.8 Å². The van der Waals surface area contributed by atoms with Crippen molar-refractivity contribution in [2.45, 2.75) is 45.4 Å². The van der Waals surface area contributed by atoms with Crippen LogP contribution in [-0.4, -0.2) is 25.5 Å². The van der Waals surface area contributed by atoms with Crippen molar-refractivity contribution in [2.75, 3.05) is 19.8 Å². The fourth-order valence-electron chi connectivity index (χ4n) is 3.42. The maximum absolute atomic E-state index is 12.7. The predicted octanol–water partition coefficient (Wildman–Crippen LogP) is 2.14. The monoisotopic (exact) mass is 239 g/mol. The Kier molecular flexibility index (Phi) is 4.21. The Morgan fingerprint density at radius 2 is 2.06 bits per heavy atom. The van der Waals surface area contributed by atoms with Gasteiger partial charge in [0, 0.05) is 31.1 Å². The molecule has 3 nitrogen and oxygen atoms in total. The first-order chi connectivity index (χ1) is 8.18. The smallest absolute Gasteiger partial charge is 0.143 e. The van der Waals surface area contributed by atoms with Crippen LogP contribution in [0.5, 0.6) is 0 Å². The highest BCUT2D eigenvalue weighted by atomic mass is 16.5. The Hall–Kier alpha value is -0.410. The summed E-state index contributed by atoms with van der Waals surface area (Å²) >= 11 is 0. The standard InChI is InChI=1S/C14H25NO2/c1-11-3-2-4-12(9-11)13(16)14(10-15)5-7-17-8-6-14/h11-12H,2-10,15H2,1H3. The van der Waals surface area contributed by atoms with E-state index in [-0.39, 0.29) is 11.3 Å². The first-order valence-electron chi connectivity index (χ1n) is 7.00. The average molecular weight is 239 g/mol. The maximum Gasteiger partial charge on any atom is 0.143 e. The van der Waals surface area contributed by atoms with Crippen molar-refractivity contribution in [1.82, 2.24) is 0 Å². The van der Waals surface area contributed by atoms with Crippen molar-refractivity contribution in [1.29, 1.82) is 0 Å². The van der Waals surface area contributed by atoms with Crippen molar-refractivity contribution in [3.05, 3.63) is 0 Å². The van der Waals surface area contributed by atoms with Gasteiger partial charge in [-0.3, -0.25) is 4.79 Å². The Labute approximate surface area is 104 Å². The van der Waals surface area contributed by atoms with E-state index in [1.54, 1.807) is 0 Å². The summed E-state index contributed by atoms with van der Waals surface area (Å²) in [5.41, 5.74) is 5.64. The first kappa shape index (κ1) is 13.0. The van der Waals surface area contributed by atoms with Gasteiger partial charge in [0.1, 0.15) is 5.78 Å². The Balaban J connectivity index is 2.05. The normalized spacial score (nSPS) is 33.3. The first-order valence-corrected chi connectivity index (χ1v) is 7.00. The van der Waals surface area contributed by atoms with Gasteiger partial charge in [-0.2, -0.15) is 0 Å². The molecule has 2 fully saturated rings. The summed E-state index contributed by atoms with van der Waals surface area (Å²) in [6.07, 6.45) is 6.28. The van der Waals surface area contributed by atoms with Gasteiger partial charge < -0.3 is 10.5 Å². The maximum atomic E-state index is 12.7. The van der Waals surface area contributed by atoms with E-state index in [1.807, 2.05) is 0 Å². The zero-order valence-electron chi connectivity index (χ0n) is 10.9. The molecule has 0 spiro atoms. The molecule has 1 saturated carbocycles. The van der Waals surface area contributed by atoms with E-state index in [2.05, 4.69) is 6.92 Å². The van der Waals surface area contributed by atoms with Gasteiger partial charge in [0.05, 0.1) is 0 Å². The molecule has 0 radical (unpaired) electrons. The summed E-state index contributed by atoms with van der Waals surface area (Å²) in [6, 6.07) is 0.